The van der Waals surface area contributed by atoms with Crippen molar-refractivity contribution in [2.24, 2.45) is 5.73 Å². The molecule has 264 valence electrons. The summed E-state index contributed by atoms with van der Waals surface area (Å²) in [5.74, 6) is 0.552. The van der Waals surface area contributed by atoms with Gasteiger partial charge in [-0.25, -0.2) is 4.98 Å². The molecule has 12 heteroatoms. The van der Waals surface area contributed by atoms with Crippen molar-refractivity contribution >= 4 is 39.2 Å². The van der Waals surface area contributed by atoms with Crippen LogP contribution in [0.2, 0.25) is 48.8 Å². The van der Waals surface area contributed by atoms with Gasteiger partial charge in [0.2, 0.25) is 0 Å². The van der Waals surface area contributed by atoms with E-state index in [-0.39, 0.29) is 36.2 Å². The van der Waals surface area contributed by atoms with Gasteiger partial charge in [-0.15, -0.1) is 0 Å². The fourth-order valence-corrected chi connectivity index (χ4v) is 8.96. The van der Waals surface area contributed by atoms with E-state index in [1.54, 1.807) is 0 Å². The van der Waals surface area contributed by atoms with Crippen molar-refractivity contribution in [1.29, 1.82) is 0 Å². The number of nitrogens with zero attached hydrogens (tertiary/aromatic N) is 3. The Morgan fingerprint density at radius 1 is 0.938 bits per heavy atom. The lowest BCUT2D eigenvalue weighted by Gasteiger charge is -2.39. The summed E-state index contributed by atoms with van der Waals surface area (Å²) in [5, 5.41) is 0.642. The Balaban J connectivity index is 1.24. The zero-order valence-electron chi connectivity index (χ0n) is 30.1. The van der Waals surface area contributed by atoms with Gasteiger partial charge in [0.15, 0.2) is 20.1 Å². The third-order valence-corrected chi connectivity index (χ3v) is 17.3. The quantitative estimate of drug-likeness (QED) is 0.158. The maximum atomic E-state index is 6.88. The number of hydrogen-bond acceptors (Lipinski definition) is 8. The van der Waals surface area contributed by atoms with Gasteiger partial charge in [-0.05, 0) is 67.4 Å². The average Bonchev–Trinajstić information content (AvgIpc) is 3.69. The van der Waals surface area contributed by atoms with E-state index < -0.39 is 16.4 Å². The minimum absolute atomic E-state index is 0.0964. The van der Waals surface area contributed by atoms with E-state index in [0.29, 0.717) is 59.7 Å². The maximum absolute atomic E-state index is 6.88. The summed E-state index contributed by atoms with van der Waals surface area (Å²) in [6.45, 7) is 20.1. The van der Waals surface area contributed by atoms with Gasteiger partial charge in [0.25, 0.3) is 0 Å². The van der Waals surface area contributed by atoms with Crippen molar-refractivity contribution in [2.75, 3.05) is 19.8 Å². The van der Waals surface area contributed by atoms with Crippen molar-refractivity contribution in [3.63, 3.8) is 0 Å². The number of ether oxygens (including phenoxy) is 4. The number of hydrogen-bond donors (Lipinski definition) is 1. The van der Waals surface area contributed by atoms with Crippen molar-refractivity contribution in [3.8, 4) is 17.3 Å². The van der Waals surface area contributed by atoms with Gasteiger partial charge in [-0.1, -0.05) is 76.3 Å². The van der Waals surface area contributed by atoms with Gasteiger partial charge in [-0.3, -0.25) is 4.57 Å². The van der Waals surface area contributed by atoms with Gasteiger partial charge < -0.3 is 29.1 Å². The van der Waals surface area contributed by atoms with E-state index in [0.717, 1.165) is 37.3 Å². The van der Waals surface area contributed by atoms with Crippen LogP contribution in [0.5, 0.6) is 6.01 Å². The highest BCUT2D eigenvalue weighted by Gasteiger charge is 2.52. The molecule has 0 unspecified atom stereocenters. The highest BCUT2D eigenvalue weighted by molar-refractivity contribution is 6.76. The molecule has 4 atom stereocenters. The SMILES string of the molecule is CC(C)(C)[Si](C)(C)O[C@@H]1CO[C@H]2[C@@H]1OC[C@H]2Oc1nc2cc(Cl)c(-c3ccc(C4CCC(N)CC4)cc3)nc2n1COCC[Si](C)(C)C. The first-order valence-electron chi connectivity index (χ1n) is 17.7. The van der Waals surface area contributed by atoms with Crippen molar-refractivity contribution < 1.29 is 23.4 Å². The normalized spacial score (nSPS) is 26.7. The fraction of sp³-hybridized carbons (Fsp3) is 0.667. The van der Waals surface area contributed by atoms with Crippen LogP contribution < -0.4 is 10.5 Å². The molecule has 2 saturated heterocycles. The third-order valence-electron chi connectivity index (χ3n) is 10.8. The predicted molar refractivity (Wildman–Crippen MR) is 197 cm³/mol. The molecule has 2 aromatic heterocycles. The highest BCUT2D eigenvalue weighted by atomic mass is 35.5. The third kappa shape index (κ3) is 7.88. The molecule has 2 aliphatic heterocycles. The Kier molecular flexibility index (Phi) is 10.5. The number of benzene rings is 1. The molecule has 3 aromatic rings. The minimum atomic E-state index is -2.00. The zero-order valence-corrected chi connectivity index (χ0v) is 32.8. The lowest BCUT2D eigenvalue weighted by molar-refractivity contribution is 0.00687. The molecular formula is C36H55ClN4O5Si2. The number of rotatable bonds is 11. The fourth-order valence-electron chi connectivity index (χ4n) is 6.63. The first-order valence-corrected chi connectivity index (χ1v) is 24.7. The molecule has 1 aromatic carbocycles. The number of nitrogens with two attached hydrogens (primary N) is 1. The van der Waals surface area contributed by atoms with Crippen LogP contribution in [0.15, 0.2) is 30.3 Å². The summed E-state index contributed by atoms with van der Waals surface area (Å²) in [6, 6.07) is 12.4. The Bertz CT molecular complexity index is 1560. The summed E-state index contributed by atoms with van der Waals surface area (Å²) < 4.78 is 34.1. The maximum Gasteiger partial charge on any atom is 0.301 e. The zero-order chi connectivity index (χ0) is 34.4. The molecule has 0 amide bonds. The monoisotopic (exact) mass is 714 g/mol. The van der Waals surface area contributed by atoms with Crippen LogP contribution in [0, 0.1) is 0 Å². The Morgan fingerprint density at radius 2 is 1.58 bits per heavy atom. The molecule has 48 heavy (non-hydrogen) atoms. The van der Waals surface area contributed by atoms with Crippen LogP contribution in [0.1, 0.15) is 57.9 Å². The molecule has 9 nitrogen and oxygen atoms in total. The lowest BCUT2D eigenvalue weighted by atomic mass is 9.82. The number of halogens is 1. The second kappa shape index (κ2) is 14.1. The second-order valence-corrected chi connectivity index (χ2v) is 27.5. The lowest BCUT2D eigenvalue weighted by Crippen LogP contribution is -2.47. The van der Waals surface area contributed by atoms with E-state index in [2.05, 4.69) is 77.8 Å². The Labute approximate surface area is 293 Å². The first kappa shape index (κ1) is 36.0. The standard InChI is InChI=1S/C36H55ClN4O5Si2/c1-36(2,3)48(7,8)46-30-21-44-32-29(20-43-33(30)32)45-35-39-28-19-27(37)31(40-34(28)41(35)22-42-17-18-47(4,5)6)25-11-9-23(10-12-25)24-13-15-26(38)16-14-24/h9-12,19,24,26,29-30,32-33H,13-18,20-22,38H2,1-8H3/t24?,26?,29-,30-,32-,33-/m1/s1. The van der Waals surface area contributed by atoms with Gasteiger partial charge in [0, 0.05) is 26.3 Å². The van der Waals surface area contributed by atoms with Crippen LogP contribution in [0.25, 0.3) is 22.4 Å². The van der Waals surface area contributed by atoms with Crippen LogP contribution in [0.4, 0.5) is 0 Å². The van der Waals surface area contributed by atoms with Gasteiger partial charge in [-0.2, -0.15) is 4.98 Å². The molecule has 1 saturated carbocycles. The molecule has 4 heterocycles. The van der Waals surface area contributed by atoms with Crippen molar-refractivity contribution in [1.82, 2.24) is 14.5 Å². The van der Waals surface area contributed by atoms with Crippen LogP contribution in [0.3, 0.4) is 0 Å². The molecule has 0 spiro atoms. The van der Waals surface area contributed by atoms with Crippen LogP contribution in [-0.2, 0) is 25.4 Å². The molecule has 3 aliphatic rings. The van der Waals surface area contributed by atoms with Crippen LogP contribution in [-0.4, -0.2) is 81.2 Å². The molecule has 0 bridgehead atoms. The summed E-state index contributed by atoms with van der Waals surface area (Å²) in [4.78, 5) is 9.97. The molecule has 1 aliphatic carbocycles. The topological polar surface area (TPSA) is 103 Å². The summed E-state index contributed by atoms with van der Waals surface area (Å²) in [6.07, 6.45) is 3.56. The first-order chi connectivity index (χ1) is 22.6. The van der Waals surface area contributed by atoms with Crippen molar-refractivity contribution in [3.05, 3.63) is 40.9 Å². The van der Waals surface area contributed by atoms with E-state index in [4.69, 9.17) is 50.7 Å². The van der Waals surface area contributed by atoms with Crippen molar-refractivity contribution in [2.45, 2.75) is 133 Å². The smallest absolute Gasteiger partial charge is 0.301 e. The summed E-state index contributed by atoms with van der Waals surface area (Å²) in [7, 11) is -3.27. The largest absolute Gasteiger partial charge is 0.456 e. The number of aromatic nitrogens is 3. The summed E-state index contributed by atoms with van der Waals surface area (Å²) >= 11 is 6.88. The average molecular weight is 715 g/mol. The predicted octanol–water partition coefficient (Wildman–Crippen LogP) is 7.98. The molecule has 2 N–H and O–H groups in total. The Morgan fingerprint density at radius 3 is 2.23 bits per heavy atom. The molecule has 0 radical (unpaired) electrons. The van der Waals surface area contributed by atoms with Gasteiger partial charge in [0.05, 0.1) is 30.0 Å². The molecule has 3 fully saturated rings. The number of imidazole rings is 1. The molecular weight excluding hydrogens is 660 g/mol. The van der Waals surface area contributed by atoms with Gasteiger partial charge >= 0.3 is 6.01 Å². The van der Waals surface area contributed by atoms with Gasteiger partial charge in [0.1, 0.15) is 24.5 Å². The number of fused-ring (bicyclic) bond motifs is 2. The van der Waals surface area contributed by atoms with E-state index >= 15 is 0 Å². The van der Waals surface area contributed by atoms with E-state index in [1.807, 2.05) is 10.6 Å². The van der Waals surface area contributed by atoms with Crippen LogP contribution >= 0.6 is 11.6 Å². The molecule has 6 rings (SSSR count). The van der Waals surface area contributed by atoms with E-state index in [1.165, 1.54) is 5.56 Å². The summed E-state index contributed by atoms with van der Waals surface area (Å²) in [5.41, 5.74) is 10.5. The Hall–Kier alpha value is -1.84. The number of pyridine rings is 1. The minimum Gasteiger partial charge on any atom is -0.456 e. The highest BCUT2D eigenvalue weighted by Crippen LogP contribution is 2.41. The van der Waals surface area contributed by atoms with E-state index in [9.17, 15) is 0 Å². The second-order valence-electron chi connectivity index (χ2n) is 16.7.